The van der Waals surface area contributed by atoms with Crippen LogP contribution in [0.1, 0.15) is 34.8 Å². The van der Waals surface area contributed by atoms with Gasteiger partial charge in [0.15, 0.2) is 0 Å². The van der Waals surface area contributed by atoms with Crippen LogP contribution in [0.4, 0.5) is 5.69 Å². The fourth-order valence-electron chi connectivity index (χ4n) is 3.43. The summed E-state index contributed by atoms with van der Waals surface area (Å²) in [5.41, 5.74) is 7.91. The Morgan fingerprint density at radius 2 is 1.90 bits per heavy atom. The monoisotopic (exact) mass is 395 g/mol. The van der Waals surface area contributed by atoms with Gasteiger partial charge in [0.05, 0.1) is 18.2 Å². The average Bonchev–Trinajstić information content (AvgIpc) is 3.08. The second-order valence-corrected chi connectivity index (χ2v) is 7.07. The molecule has 0 saturated carbocycles. The Bertz CT molecular complexity index is 941. The summed E-state index contributed by atoms with van der Waals surface area (Å²) in [5.74, 6) is -0.895. The molecule has 1 fully saturated rings. The van der Waals surface area contributed by atoms with E-state index in [4.69, 9.17) is 4.74 Å². The largest absolute Gasteiger partial charge is 0.492 e. The van der Waals surface area contributed by atoms with E-state index in [9.17, 15) is 14.4 Å². The smallest absolute Gasteiger partial charge is 0.269 e. The van der Waals surface area contributed by atoms with E-state index in [2.05, 4.69) is 10.9 Å². The van der Waals surface area contributed by atoms with Gasteiger partial charge >= 0.3 is 0 Å². The molecule has 0 spiro atoms. The number of hydrogen-bond acceptors (Lipinski definition) is 4. The normalized spacial score (nSPS) is 15.9. The van der Waals surface area contributed by atoms with Gasteiger partial charge in [0, 0.05) is 18.5 Å². The Hall–Kier alpha value is -3.35. The highest BCUT2D eigenvalue weighted by Crippen LogP contribution is 2.33. The molecule has 1 aliphatic heterocycles. The molecule has 7 nitrogen and oxygen atoms in total. The van der Waals surface area contributed by atoms with E-state index >= 15 is 0 Å². The minimum atomic E-state index is -0.559. The van der Waals surface area contributed by atoms with Gasteiger partial charge in [0.1, 0.15) is 5.75 Å². The standard InChI is InChI=1S/C22H25N3O4/c1-4-29-19-8-6-5-7-18(19)25-13-16(12-20(25)26)21(27)23-24-22(28)17-10-9-14(2)11-15(17)3/h5-11,16H,4,12-13H2,1-3H3,(H,23,27)(H,24,28)/t16-/m0/s1. The van der Waals surface area contributed by atoms with Gasteiger partial charge in [-0.15, -0.1) is 0 Å². The lowest BCUT2D eigenvalue weighted by molar-refractivity contribution is -0.126. The van der Waals surface area contributed by atoms with Crippen molar-refractivity contribution in [2.75, 3.05) is 18.1 Å². The SMILES string of the molecule is CCOc1ccccc1N1C[C@@H](C(=O)NNC(=O)c2ccc(C)cc2C)CC1=O. The zero-order valence-electron chi connectivity index (χ0n) is 16.8. The van der Waals surface area contributed by atoms with E-state index in [0.717, 1.165) is 11.1 Å². The molecule has 0 radical (unpaired) electrons. The van der Waals surface area contributed by atoms with Crippen LogP contribution in [0.3, 0.4) is 0 Å². The molecule has 1 atom stereocenters. The maximum atomic E-state index is 12.5. The number of aryl methyl sites for hydroxylation is 2. The van der Waals surface area contributed by atoms with Crippen LogP contribution in [0.15, 0.2) is 42.5 Å². The lowest BCUT2D eigenvalue weighted by Gasteiger charge is -2.20. The molecule has 0 aliphatic carbocycles. The number of ether oxygens (including phenoxy) is 1. The zero-order valence-corrected chi connectivity index (χ0v) is 16.8. The first-order valence-corrected chi connectivity index (χ1v) is 9.60. The quantitative estimate of drug-likeness (QED) is 0.762. The molecule has 2 N–H and O–H groups in total. The Morgan fingerprint density at radius 1 is 1.14 bits per heavy atom. The van der Waals surface area contributed by atoms with Crippen LogP contribution in [0.5, 0.6) is 5.75 Å². The zero-order chi connectivity index (χ0) is 21.0. The van der Waals surface area contributed by atoms with E-state index in [-0.39, 0.29) is 18.9 Å². The summed E-state index contributed by atoms with van der Waals surface area (Å²) in [6, 6.07) is 12.7. The van der Waals surface area contributed by atoms with Crippen LogP contribution in [0.2, 0.25) is 0 Å². The Morgan fingerprint density at radius 3 is 2.62 bits per heavy atom. The summed E-state index contributed by atoms with van der Waals surface area (Å²) >= 11 is 0. The van der Waals surface area contributed by atoms with Crippen molar-refractivity contribution in [2.24, 2.45) is 5.92 Å². The van der Waals surface area contributed by atoms with Crippen molar-refractivity contribution >= 4 is 23.4 Å². The highest BCUT2D eigenvalue weighted by molar-refractivity contribution is 6.02. The van der Waals surface area contributed by atoms with Gasteiger partial charge in [-0.3, -0.25) is 25.2 Å². The molecule has 3 rings (SSSR count). The lowest BCUT2D eigenvalue weighted by Crippen LogP contribution is -2.45. The molecule has 1 aliphatic rings. The molecule has 2 aromatic rings. The molecule has 1 saturated heterocycles. The number of nitrogens with zero attached hydrogens (tertiary/aromatic N) is 1. The number of amides is 3. The number of hydrogen-bond donors (Lipinski definition) is 2. The average molecular weight is 395 g/mol. The van der Waals surface area contributed by atoms with Gasteiger partial charge in [-0.2, -0.15) is 0 Å². The molecule has 152 valence electrons. The minimum Gasteiger partial charge on any atom is -0.492 e. The molecule has 2 aromatic carbocycles. The number of nitrogens with one attached hydrogen (secondary N) is 2. The first-order chi connectivity index (χ1) is 13.9. The molecular formula is C22H25N3O4. The number of carbonyl (C=O) groups is 3. The molecular weight excluding hydrogens is 370 g/mol. The van der Waals surface area contributed by atoms with Crippen LogP contribution in [0, 0.1) is 19.8 Å². The summed E-state index contributed by atoms with van der Waals surface area (Å²) in [5, 5.41) is 0. The first-order valence-electron chi connectivity index (χ1n) is 9.60. The van der Waals surface area contributed by atoms with Crippen molar-refractivity contribution < 1.29 is 19.1 Å². The highest BCUT2D eigenvalue weighted by Gasteiger charge is 2.36. The third-order valence-electron chi connectivity index (χ3n) is 4.88. The Balaban J connectivity index is 1.63. The minimum absolute atomic E-state index is 0.0751. The molecule has 3 amide bonds. The summed E-state index contributed by atoms with van der Waals surface area (Å²) in [4.78, 5) is 38.9. The van der Waals surface area contributed by atoms with Crippen LogP contribution in [-0.2, 0) is 9.59 Å². The van der Waals surface area contributed by atoms with Gasteiger partial charge in [-0.1, -0.05) is 29.8 Å². The number of anilines is 1. The van der Waals surface area contributed by atoms with Crippen LogP contribution < -0.4 is 20.5 Å². The first kappa shape index (κ1) is 20.4. The lowest BCUT2D eigenvalue weighted by atomic mass is 10.1. The summed E-state index contributed by atoms with van der Waals surface area (Å²) in [7, 11) is 0. The van der Waals surface area contributed by atoms with E-state index in [1.165, 1.54) is 0 Å². The maximum absolute atomic E-state index is 12.5. The van der Waals surface area contributed by atoms with Crippen molar-refractivity contribution in [1.82, 2.24) is 10.9 Å². The number of hydrazine groups is 1. The predicted octanol–water partition coefficient (Wildman–Crippen LogP) is 2.52. The van der Waals surface area contributed by atoms with Crippen LogP contribution in [0.25, 0.3) is 0 Å². The predicted molar refractivity (Wildman–Crippen MR) is 110 cm³/mol. The molecule has 0 aromatic heterocycles. The van der Waals surface area contributed by atoms with Gasteiger partial charge in [0.25, 0.3) is 5.91 Å². The number of para-hydroxylation sites is 2. The van der Waals surface area contributed by atoms with Crippen LogP contribution >= 0.6 is 0 Å². The number of carbonyl (C=O) groups excluding carboxylic acids is 3. The molecule has 0 unspecified atom stereocenters. The fraction of sp³-hybridized carbons (Fsp3) is 0.318. The third-order valence-corrected chi connectivity index (χ3v) is 4.88. The third kappa shape index (κ3) is 4.56. The van der Waals surface area contributed by atoms with E-state index < -0.39 is 17.7 Å². The van der Waals surface area contributed by atoms with Gasteiger partial charge in [-0.25, -0.2) is 0 Å². The number of rotatable bonds is 5. The van der Waals surface area contributed by atoms with Crippen molar-refractivity contribution in [2.45, 2.75) is 27.2 Å². The second-order valence-electron chi connectivity index (χ2n) is 7.07. The van der Waals surface area contributed by atoms with E-state index in [0.29, 0.717) is 23.6 Å². The second kappa shape index (κ2) is 8.77. The van der Waals surface area contributed by atoms with Crippen molar-refractivity contribution in [1.29, 1.82) is 0 Å². The Kier molecular flexibility index (Phi) is 6.16. The fourth-order valence-corrected chi connectivity index (χ4v) is 3.43. The summed E-state index contributed by atoms with van der Waals surface area (Å²) in [6.45, 7) is 6.37. The van der Waals surface area contributed by atoms with E-state index in [1.807, 2.05) is 45.0 Å². The van der Waals surface area contributed by atoms with Crippen molar-refractivity contribution in [3.8, 4) is 5.75 Å². The topological polar surface area (TPSA) is 87.7 Å². The molecule has 7 heteroatoms. The van der Waals surface area contributed by atoms with Gasteiger partial charge in [-0.05, 0) is 44.5 Å². The summed E-state index contributed by atoms with van der Waals surface area (Å²) in [6.07, 6.45) is 0.0751. The summed E-state index contributed by atoms with van der Waals surface area (Å²) < 4.78 is 5.59. The highest BCUT2D eigenvalue weighted by atomic mass is 16.5. The van der Waals surface area contributed by atoms with Crippen molar-refractivity contribution in [3.05, 3.63) is 59.2 Å². The van der Waals surface area contributed by atoms with Crippen molar-refractivity contribution in [3.63, 3.8) is 0 Å². The number of benzene rings is 2. The van der Waals surface area contributed by atoms with Crippen LogP contribution in [-0.4, -0.2) is 30.9 Å². The van der Waals surface area contributed by atoms with Gasteiger partial charge in [0.2, 0.25) is 11.8 Å². The molecule has 1 heterocycles. The molecule has 29 heavy (non-hydrogen) atoms. The van der Waals surface area contributed by atoms with Gasteiger partial charge < -0.3 is 9.64 Å². The Labute approximate surface area is 170 Å². The molecule has 0 bridgehead atoms. The maximum Gasteiger partial charge on any atom is 0.269 e. The van der Waals surface area contributed by atoms with E-state index in [1.54, 1.807) is 23.1 Å².